The molecule has 0 radical (unpaired) electrons. The van der Waals surface area contributed by atoms with Crippen molar-refractivity contribution in [1.29, 1.82) is 5.26 Å². The molecule has 0 saturated carbocycles. The second kappa shape index (κ2) is 8.85. The fraction of sp³-hybridized carbons (Fsp3) is 0.500. The molecular formula is C16H22N2O3. The van der Waals surface area contributed by atoms with Gasteiger partial charge >= 0.3 is 0 Å². The third kappa shape index (κ3) is 5.35. The molecule has 0 saturated heterocycles. The van der Waals surface area contributed by atoms with E-state index in [4.69, 9.17) is 14.7 Å². The van der Waals surface area contributed by atoms with Crippen LogP contribution in [0.2, 0.25) is 0 Å². The molecule has 0 aliphatic heterocycles. The molecule has 0 heterocycles. The van der Waals surface area contributed by atoms with Gasteiger partial charge < -0.3 is 14.4 Å². The van der Waals surface area contributed by atoms with Crippen molar-refractivity contribution in [3.8, 4) is 17.6 Å². The number of carbonyl (C=O) groups is 1. The monoisotopic (exact) mass is 290 g/mol. The first-order chi connectivity index (χ1) is 10.1. The van der Waals surface area contributed by atoms with Crippen LogP contribution in [0.15, 0.2) is 24.3 Å². The van der Waals surface area contributed by atoms with Crippen LogP contribution in [0, 0.1) is 17.2 Å². The fourth-order valence-electron chi connectivity index (χ4n) is 1.85. The smallest absolute Gasteiger partial charge is 0.260 e. The van der Waals surface area contributed by atoms with Crippen molar-refractivity contribution in [3.63, 3.8) is 0 Å². The van der Waals surface area contributed by atoms with Gasteiger partial charge in [0.1, 0.15) is 0 Å². The van der Waals surface area contributed by atoms with Crippen molar-refractivity contribution in [3.05, 3.63) is 24.3 Å². The third-order valence-corrected chi connectivity index (χ3v) is 2.95. The maximum Gasteiger partial charge on any atom is 0.260 e. The number of hydrogen-bond donors (Lipinski definition) is 0. The number of para-hydroxylation sites is 2. The minimum absolute atomic E-state index is 0.0594. The molecule has 0 spiro atoms. The first-order valence-electron chi connectivity index (χ1n) is 7.14. The van der Waals surface area contributed by atoms with Gasteiger partial charge in [0.25, 0.3) is 5.91 Å². The van der Waals surface area contributed by atoms with Gasteiger partial charge in [-0.3, -0.25) is 4.79 Å². The molecule has 0 fully saturated rings. The summed E-state index contributed by atoms with van der Waals surface area (Å²) in [6.45, 7) is 7.02. The topological polar surface area (TPSA) is 62.6 Å². The molecule has 0 aromatic heterocycles. The maximum atomic E-state index is 12.1. The molecule has 5 nitrogen and oxygen atoms in total. The minimum atomic E-state index is -0.190. The molecule has 0 aliphatic carbocycles. The lowest BCUT2D eigenvalue weighted by Gasteiger charge is -2.22. The Hall–Kier alpha value is -2.22. The van der Waals surface area contributed by atoms with Gasteiger partial charge in [0, 0.05) is 13.1 Å². The zero-order valence-electron chi connectivity index (χ0n) is 12.8. The van der Waals surface area contributed by atoms with E-state index < -0.39 is 0 Å². The standard InChI is InChI=1S/C16H22N2O3/c1-4-18(11-13(3)10-17)16(19)12-21-15-9-7-6-8-14(15)20-5-2/h6-9,13H,4-5,11-12H2,1-3H3/t13-/m0/s1. The molecule has 0 N–H and O–H groups in total. The fourth-order valence-corrected chi connectivity index (χ4v) is 1.85. The van der Waals surface area contributed by atoms with Crippen molar-refractivity contribution >= 4 is 5.91 Å². The van der Waals surface area contributed by atoms with Gasteiger partial charge in [-0.25, -0.2) is 0 Å². The van der Waals surface area contributed by atoms with Gasteiger partial charge in [-0.1, -0.05) is 12.1 Å². The van der Waals surface area contributed by atoms with E-state index in [1.807, 2.05) is 26.0 Å². The minimum Gasteiger partial charge on any atom is -0.490 e. The van der Waals surface area contributed by atoms with E-state index in [0.29, 0.717) is 31.2 Å². The quantitative estimate of drug-likeness (QED) is 0.738. The Balaban J connectivity index is 2.61. The summed E-state index contributed by atoms with van der Waals surface area (Å²) in [6, 6.07) is 9.39. The molecule has 1 aromatic carbocycles. The number of rotatable bonds is 8. The first kappa shape index (κ1) is 16.8. The van der Waals surface area contributed by atoms with Gasteiger partial charge in [-0.05, 0) is 32.9 Å². The number of ether oxygens (including phenoxy) is 2. The lowest BCUT2D eigenvalue weighted by molar-refractivity contribution is -0.133. The number of amides is 1. The summed E-state index contributed by atoms with van der Waals surface area (Å²) in [5.74, 6) is 0.855. The molecule has 114 valence electrons. The molecule has 21 heavy (non-hydrogen) atoms. The molecule has 0 unspecified atom stereocenters. The van der Waals surface area contributed by atoms with Crippen molar-refractivity contribution in [2.45, 2.75) is 20.8 Å². The Bertz CT molecular complexity index is 497. The van der Waals surface area contributed by atoms with E-state index in [0.717, 1.165) is 0 Å². The predicted molar refractivity (Wildman–Crippen MR) is 80.1 cm³/mol. The average molecular weight is 290 g/mol. The Morgan fingerprint density at radius 3 is 2.43 bits per heavy atom. The highest BCUT2D eigenvalue weighted by Crippen LogP contribution is 2.26. The van der Waals surface area contributed by atoms with E-state index in [2.05, 4.69) is 6.07 Å². The maximum absolute atomic E-state index is 12.1. The summed E-state index contributed by atoms with van der Waals surface area (Å²) in [6.07, 6.45) is 0. The molecule has 0 aliphatic rings. The van der Waals surface area contributed by atoms with E-state index in [-0.39, 0.29) is 18.4 Å². The number of likely N-dealkylation sites (N-methyl/N-ethyl adjacent to an activating group) is 1. The summed E-state index contributed by atoms with van der Waals surface area (Å²) in [5, 5.41) is 8.83. The Morgan fingerprint density at radius 1 is 1.29 bits per heavy atom. The number of carbonyl (C=O) groups excluding carboxylic acids is 1. The van der Waals surface area contributed by atoms with Crippen LogP contribution in [0.4, 0.5) is 0 Å². The zero-order chi connectivity index (χ0) is 15.7. The van der Waals surface area contributed by atoms with Crippen molar-refractivity contribution in [2.24, 2.45) is 5.92 Å². The summed E-state index contributed by atoms with van der Waals surface area (Å²) in [7, 11) is 0. The number of nitrogens with zero attached hydrogens (tertiary/aromatic N) is 2. The largest absolute Gasteiger partial charge is 0.490 e. The van der Waals surface area contributed by atoms with Crippen molar-refractivity contribution in [2.75, 3.05) is 26.3 Å². The van der Waals surface area contributed by atoms with Crippen LogP contribution in [0.5, 0.6) is 11.5 Å². The lowest BCUT2D eigenvalue weighted by Crippen LogP contribution is -2.37. The van der Waals surface area contributed by atoms with E-state index >= 15 is 0 Å². The SMILES string of the molecule is CCOc1ccccc1OCC(=O)N(CC)C[C@@H](C)C#N. The molecule has 1 atom stereocenters. The van der Waals surface area contributed by atoms with E-state index in [9.17, 15) is 4.79 Å². The highest BCUT2D eigenvalue weighted by atomic mass is 16.5. The molecule has 0 bridgehead atoms. The van der Waals surface area contributed by atoms with Gasteiger partial charge in [-0.2, -0.15) is 5.26 Å². The number of nitriles is 1. The predicted octanol–water partition coefficient (Wildman–Crippen LogP) is 2.47. The highest BCUT2D eigenvalue weighted by Gasteiger charge is 2.16. The average Bonchev–Trinajstić information content (AvgIpc) is 2.51. The Morgan fingerprint density at radius 2 is 1.90 bits per heavy atom. The first-order valence-corrected chi connectivity index (χ1v) is 7.14. The lowest BCUT2D eigenvalue weighted by atomic mass is 10.2. The molecular weight excluding hydrogens is 268 g/mol. The van der Waals surface area contributed by atoms with Crippen LogP contribution in [0.3, 0.4) is 0 Å². The molecule has 1 rings (SSSR count). The second-order valence-corrected chi connectivity index (χ2v) is 4.63. The number of hydrogen-bond acceptors (Lipinski definition) is 4. The Kier molecular flexibility index (Phi) is 7.10. The zero-order valence-corrected chi connectivity index (χ0v) is 12.8. The van der Waals surface area contributed by atoms with Crippen LogP contribution in [0.1, 0.15) is 20.8 Å². The van der Waals surface area contributed by atoms with E-state index in [1.54, 1.807) is 24.0 Å². The van der Waals surface area contributed by atoms with Crippen LogP contribution >= 0.6 is 0 Å². The van der Waals surface area contributed by atoms with Crippen molar-refractivity contribution in [1.82, 2.24) is 4.90 Å². The summed E-state index contributed by atoms with van der Waals surface area (Å²) in [5.41, 5.74) is 0. The Labute approximate surface area is 126 Å². The van der Waals surface area contributed by atoms with Crippen LogP contribution in [0.25, 0.3) is 0 Å². The summed E-state index contributed by atoms with van der Waals surface area (Å²) in [4.78, 5) is 13.7. The normalized spacial score (nSPS) is 11.3. The van der Waals surface area contributed by atoms with Crippen molar-refractivity contribution < 1.29 is 14.3 Å². The van der Waals surface area contributed by atoms with Gasteiger partial charge in [-0.15, -0.1) is 0 Å². The molecule has 1 amide bonds. The van der Waals surface area contributed by atoms with Gasteiger partial charge in [0.05, 0.1) is 18.6 Å². The second-order valence-electron chi connectivity index (χ2n) is 4.63. The van der Waals surface area contributed by atoms with Crippen LogP contribution in [-0.2, 0) is 4.79 Å². The summed E-state index contributed by atoms with van der Waals surface area (Å²) < 4.78 is 11.0. The summed E-state index contributed by atoms with van der Waals surface area (Å²) >= 11 is 0. The third-order valence-electron chi connectivity index (χ3n) is 2.95. The molecule has 1 aromatic rings. The highest BCUT2D eigenvalue weighted by molar-refractivity contribution is 5.77. The molecule has 5 heteroatoms. The van der Waals surface area contributed by atoms with E-state index in [1.165, 1.54) is 0 Å². The van der Waals surface area contributed by atoms with Gasteiger partial charge in [0.15, 0.2) is 18.1 Å². The van der Waals surface area contributed by atoms with Crippen LogP contribution < -0.4 is 9.47 Å². The van der Waals surface area contributed by atoms with Gasteiger partial charge in [0.2, 0.25) is 0 Å². The number of benzene rings is 1. The van der Waals surface area contributed by atoms with Crippen LogP contribution in [-0.4, -0.2) is 37.1 Å².